The molecule has 0 bridgehead atoms. The summed E-state index contributed by atoms with van der Waals surface area (Å²) >= 11 is 7.63. The second-order valence-corrected chi connectivity index (χ2v) is 8.40. The minimum atomic E-state index is -0.260. The van der Waals surface area contributed by atoms with Crippen LogP contribution >= 0.6 is 23.4 Å². The van der Waals surface area contributed by atoms with Crippen LogP contribution in [-0.2, 0) is 11.3 Å². The Kier molecular flexibility index (Phi) is 5.67. The van der Waals surface area contributed by atoms with Gasteiger partial charge in [-0.05, 0) is 73.4 Å². The molecule has 0 spiro atoms. The van der Waals surface area contributed by atoms with Crippen LogP contribution in [0.15, 0.2) is 64.6 Å². The first-order valence-electron chi connectivity index (χ1n) is 9.05. The molecule has 2 heterocycles. The highest BCUT2D eigenvalue weighted by Gasteiger charge is 2.22. The zero-order valence-corrected chi connectivity index (χ0v) is 17.6. The van der Waals surface area contributed by atoms with Gasteiger partial charge in [0.05, 0.1) is 21.1 Å². The van der Waals surface area contributed by atoms with Gasteiger partial charge in [0.2, 0.25) is 0 Å². The lowest BCUT2D eigenvalue weighted by Crippen LogP contribution is -2.11. The van der Waals surface area contributed by atoms with Crippen molar-refractivity contribution in [2.45, 2.75) is 6.54 Å². The highest BCUT2D eigenvalue weighted by molar-refractivity contribution is 8.18. The number of amides is 1. The van der Waals surface area contributed by atoms with Gasteiger partial charge in [0, 0.05) is 18.1 Å². The fourth-order valence-electron chi connectivity index (χ4n) is 3.04. The van der Waals surface area contributed by atoms with Gasteiger partial charge in [-0.15, -0.1) is 0 Å². The van der Waals surface area contributed by atoms with Gasteiger partial charge in [-0.3, -0.25) is 9.78 Å². The monoisotopic (exact) mass is 422 g/mol. The van der Waals surface area contributed by atoms with Crippen LogP contribution in [-0.4, -0.2) is 35.1 Å². The van der Waals surface area contributed by atoms with Gasteiger partial charge in [-0.25, -0.2) is 0 Å². The molecule has 2 aromatic carbocycles. The van der Waals surface area contributed by atoms with Gasteiger partial charge in [-0.1, -0.05) is 29.8 Å². The van der Waals surface area contributed by atoms with Crippen molar-refractivity contribution >= 4 is 57.1 Å². The number of amidine groups is 1. The number of carbonyl (C=O) groups is 1. The summed E-state index contributed by atoms with van der Waals surface area (Å²) in [5, 5.41) is 5.32. The van der Waals surface area contributed by atoms with Crippen molar-refractivity contribution in [3.63, 3.8) is 0 Å². The number of anilines is 1. The zero-order valence-electron chi connectivity index (χ0n) is 16.0. The molecule has 146 valence electrons. The first-order valence-corrected chi connectivity index (χ1v) is 10.2. The summed E-state index contributed by atoms with van der Waals surface area (Å²) in [4.78, 5) is 23.5. The van der Waals surface area contributed by atoms with Crippen molar-refractivity contribution < 1.29 is 4.79 Å². The molecule has 7 heteroatoms. The van der Waals surface area contributed by atoms with E-state index in [0.717, 1.165) is 34.3 Å². The molecule has 1 amide bonds. The van der Waals surface area contributed by atoms with E-state index in [1.807, 2.05) is 68.7 Å². The molecule has 29 heavy (non-hydrogen) atoms. The third-order valence-corrected chi connectivity index (χ3v) is 5.55. The maximum absolute atomic E-state index is 12.4. The predicted molar refractivity (Wildman–Crippen MR) is 122 cm³/mol. The highest BCUT2D eigenvalue weighted by atomic mass is 35.5. The van der Waals surface area contributed by atoms with Crippen molar-refractivity contribution in [2.24, 2.45) is 4.99 Å². The number of thioether (sulfide) groups is 1. The molecule has 5 nitrogen and oxygen atoms in total. The van der Waals surface area contributed by atoms with E-state index < -0.39 is 0 Å². The third kappa shape index (κ3) is 4.67. The second-order valence-electron chi connectivity index (χ2n) is 6.97. The van der Waals surface area contributed by atoms with Crippen LogP contribution in [0.1, 0.15) is 11.1 Å². The van der Waals surface area contributed by atoms with E-state index in [9.17, 15) is 4.79 Å². The molecule has 1 N–H and O–H groups in total. The van der Waals surface area contributed by atoms with Crippen LogP contribution in [0.3, 0.4) is 0 Å². The van der Waals surface area contributed by atoms with E-state index in [1.165, 1.54) is 11.8 Å². The topological polar surface area (TPSA) is 57.6 Å². The molecule has 1 aromatic heterocycles. The van der Waals surface area contributed by atoms with Gasteiger partial charge in [0.25, 0.3) is 5.91 Å². The fraction of sp³-hybridized carbons (Fsp3) is 0.136. The lowest BCUT2D eigenvalue weighted by molar-refractivity contribution is -0.113. The van der Waals surface area contributed by atoms with Gasteiger partial charge in [0.15, 0.2) is 5.17 Å². The number of benzene rings is 2. The Labute approximate surface area is 178 Å². The highest BCUT2D eigenvalue weighted by Crippen LogP contribution is 2.32. The molecule has 3 aromatic rings. The Balaban J connectivity index is 1.52. The summed E-state index contributed by atoms with van der Waals surface area (Å²) in [5.41, 5.74) is 3.72. The molecular formula is C22H19ClN4OS. The fourth-order valence-corrected chi connectivity index (χ4v) is 4.04. The zero-order chi connectivity index (χ0) is 20.4. The van der Waals surface area contributed by atoms with Crippen LogP contribution in [0, 0.1) is 0 Å². The Morgan fingerprint density at radius 3 is 2.86 bits per heavy atom. The maximum atomic E-state index is 12.4. The van der Waals surface area contributed by atoms with Crippen LogP contribution in [0.5, 0.6) is 0 Å². The van der Waals surface area contributed by atoms with E-state index in [0.29, 0.717) is 15.1 Å². The third-order valence-electron chi connectivity index (χ3n) is 4.32. The molecule has 0 radical (unpaired) electrons. The lowest BCUT2D eigenvalue weighted by atomic mass is 10.1. The van der Waals surface area contributed by atoms with Crippen molar-refractivity contribution in [3.05, 3.63) is 75.8 Å². The molecular weight excluding hydrogens is 404 g/mol. The summed E-state index contributed by atoms with van der Waals surface area (Å²) in [5.74, 6) is -0.260. The first kappa shape index (κ1) is 19.6. The summed E-state index contributed by atoms with van der Waals surface area (Å²) in [6, 6.07) is 15.6. The lowest BCUT2D eigenvalue weighted by Gasteiger charge is -2.13. The average Bonchev–Trinajstić information content (AvgIpc) is 3.03. The molecule has 4 rings (SSSR count). The van der Waals surface area contributed by atoms with Gasteiger partial charge < -0.3 is 10.2 Å². The van der Waals surface area contributed by atoms with Gasteiger partial charge >= 0.3 is 0 Å². The van der Waals surface area contributed by atoms with E-state index in [2.05, 4.69) is 20.2 Å². The Bertz CT molecular complexity index is 1160. The molecule has 0 unspecified atom stereocenters. The number of nitrogens with zero attached hydrogens (tertiary/aromatic N) is 3. The molecule has 1 aliphatic heterocycles. The summed E-state index contributed by atoms with van der Waals surface area (Å²) in [7, 11) is 4.02. The molecule has 0 saturated heterocycles. The van der Waals surface area contributed by atoms with Crippen LogP contribution in [0.25, 0.3) is 17.0 Å². The number of fused-ring (bicyclic) bond motifs is 1. The normalized spacial score (nSPS) is 15.4. The van der Waals surface area contributed by atoms with Crippen molar-refractivity contribution in [3.8, 4) is 0 Å². The number of nitrogens with one attached hydrogen (secondary N) is 1. The van der Waals surface area contributed by atoms with Crippen LogP contribution in [0.2, 0.25) is 5.02 Å². The molecule has 1 aliphatic rings. The minimum absolute atomic E-state index is 0.260. The van der Waals surface area contributed by atoms with E-state index >= 15 is 0 Å². The summed E-state index contributed by atoms with van der Waals surface area (Å²) < 4.78 is 0. The standard InChI is InChI=1S/C22H19ClN4OS/c1-27(2)13-15-5-7-17(23)19(11-15)25-22-26-21(28)20(29-22)12-14-6-8-18-16(10-14)4-3-9-24-18/h3-12H,13H2,1-2H3,(H,25,26,28)/b20-12-. The molecule has 0 aliphatic carbocycles. The smallest absolute Gasteiger partial charge is 0.286 e. The number of rotatable bonds is 4. The number of hydrogen-bond donors (Lipinski definition) is 1. The second kappa shape index (κ2) is 8.37. The van der Waals surface area contributed by atoms with Gasteiger partial charge in [-0.2, -0.15) is 4.99 Å². The number of carbonyl (C=O) groups excluding carboxylic acids is 1. The first-order chi connectivity index (χ1) is 14.0. The Morgan fingerprint density at radius 1 is 1.17 bits per heavy atom. The summed E-state index contributed by atoms with van der Waals surface area (Å²) in [6.45, 7) is 0.798. The Morgan fingerprint density at radius 2 is 2.03 bits per heavy atom. The molecule has 0 fully saturated rings. The molecule has 0 saturated carbocycles. The Hall–Kier alpha value is -2.67. The number of pyridine rings is 1. The summed E-state index contributed by atoms with van der Waals surface area (Å²) in [6.07, 6.45) is 3.61. The SMILES string of the molecule is CN(C)Cc1ccc(Cl)c(NC2=NC(=O)/C(=C/c3ccc4ncccc4c3)S2)c1. The van der Waals surface area contributed by atoms with Crippen molar-refractivity contribution in [1.82, 2.24) is 9.88 Å². The van der Waals surface area contributed by atoms with E-state index in [4.69, 9.17) is 11.6 Å². The number of halogens is 1. The number of aliphatic imine (C=N–C) groups is 1. The largest absolute Gasteiger partial charge is 0.333 e. The molecule has 0 atom stereocenters. The van der Waals surface area contributed by atoms with Gasteiger partial charge in [0.1, 0.15) is 0 Å². The quantitative estimate of drug-likeness (QED) is 0.597. The number of hydrogen-bond acceptors (Lipinski definition) is 5. The van der Waals surface area contributed by atoms with E-state index in [1.54, 1.807) is 6.20 Å². The van der Waals surface area contributed by atoms with Crippen LogP contribution < -0.4 is 5.32 Å². The number of aromatic nitrogens is 1. The maximum Gasteiger partial charge on any atom is 0.286 e. The van der Waals surface area contributed by atoms with E-state index in [-0.39, 0.29) is 5.91 Å². The predicted octanol–water partition coefficient (Wildman–Crippen LogP) is 5.03. The van der Waals surface area contributed by atoms with Crippen molar-refractivity contribution in [2.75, 3.05) is 19.4 Å². The average molecular weight is 423 g/mol. The minimum Gasteiger partial charge on any atom is -0.333 e. The van der Waals surface area contributed by atoms with Crippen LogP contribution in [0.4, 0.5) is 5.69 Å². The van der Waals surface area contributed by atoms with Crippen molar-refractivity contribution in [1.29, 1.82) is 0 Å².